The van der Waals surface area contributed by atoms with Crippen molar-refractivity contribution in [3.63, 3.8) is 0 Å². The molecule has 1 saturated heterocycles. The van der Waals surface area contributed by atoms with Crippen LogP contribution in [-0.2, 0) is 14.2 Å². The molecule has 3 aliphatic heterocycles. The Morgan fingerprint density at radius 1 is 0.667 bits per heavy atom. The Bertz CT molecular complexity index is 221. The van der Waals surface area contributed by atoms with Crippen molar-refractivity contribution in [3.05, 3.63) is 36.8 Å². The average molecular weight is 252 g/mol. The van der Waals surface area contributed by atoms with E-state index in [1.807, 2.05) is 24.3 Å². The molecule has 0 aliphatic carbocycles. The second kappa shape index (κ2) is 12.2. The first-order valence-corrected chi connectivity index (χ1v) is 6.78. The Balaban J connectivity index is 0.000000135. The number of hydrogen-bond acceptors (Lipinski definition) is 3. The summed E-state index contributed by atoms with van der Waals surface area (Å²) in [5.41, 5.74) is 0. The van der Waals surface area contributed by atoms with Crippen LogP contribution in [0.3, 0.4) is 0 Å². The van der Waals surface area contributed by atoms with Gasteiger partial charge in [-0.1, -0.05) is 6.08 Å². The molecule has 3 rings (SSSR count). The summed E-state index contributed by atoms with van der Waals surface area (Å²) >= 11 is 0. The highest BCUT2D eigenvalue weighted by molar-refractivity contribution is 5.02. The highest BCUT2D eigenvalue weighted by Crippen LogP contribution is 2.02. The van der Waals surface area contributed by atoms with Gasteiger partial charge in [-0.2, -0.15) is 0 Å². The monoisotopic (exact) mass is 252 g/mol. The van der Waals surface area contributed by atoms with Gasteiger partial charge in [0, 0.05) is 13.2 Å². The van der Waals surface area contributed by atoms with Gasteiger partial charge in [0.05, 0.1) is 19.1 Å². The topological polar surface area (TPSA) is 27.7 Å². The molecule has 0 amide bonds. The van der Waals surface area contributed by atoms with E-state index >= 15 is 0 Å². The van der Waals surface area contributed by atoms with Crippen molar-refractivity contribution in [3.8, 4) is 0 Å². The first kappa shape index (κ1) is 14.8. The lowest BCUT2D eigenvalue weighted by Crippen LogP contribution is -2.03. The first-order chi connectivity index (χ1) is 9.00. The number of ether oxygens (including phenoxy) is 3. The minimum atomic E-state index is 0.733. The van der Waals surface area contributed by atoms with Crippen LogP contribution in [0.15, 0.2) is 36.8 Å². The lowest BCUT2D eigenvalue weighted by molar-refractivity contribution is 0.0968. The van der Waals surface area contributed by atoms with Crippen LogP contribution in [0.5, 0.6) is 0 Å². The van der Waals surface area contributed by atoms with Gasteiger partial charge in [0.25, 0.3) is 0 Å². The number of allylic oxidation sites excluding steroid dienone is 3. The zero-order chi connectivity index (χ0) is 12.7. The molecule has 1 fully saturated rings. The fourth-order valence-electron chi connectivity index (χ4n) is 1.52. The molecule has 0 bridgehead atoms. The second-order valence-electron chi connectivity index (χ2n) is 4.15. The van der Waals surface area contributed by atoms with Crippen LogP contribution < -0.4 is 0 Å². The molecule has 0 N–H and O–H groups in total. The highest BCUT2D eigenvalue weighted by Gasteiger charge is 1.95. The molecule has 18 heavy (non-hydrogen) atoms. The van der Waals surface area contributed by atoms with Gasteiger partial charge in [-0.05, 0) is 50.3 Å². The molecule has 0 saturated carbocycles. The summed E-state index contributed by atoms with van der Waals surface area (Å²) in [5.74, 6) is 0. The van der Waals surface area contributed by atoms with E-state index in [0.29, 0.717) is 0 Å². The average Bonchev–Trinajstić information content (AvgIpc) is 2.54. The third-order valence-corrected chi connectivity index (χ3v) is 2.52. The lowest BCUT2D eigenvalue weighted by Gasteiger charge is -2.08. The molecule has 102 valence electrons. The Morgan fingerprint density at radius 2 is 1.56 bits per heavy atom. The smallest absolute Gasteiger partial charge is 0.106 e. The molecular formula is C15H24O3. The van der Waals surface area contributed by atoms with Gasteiger partial charge in [0.15, 0.2) is 0 Å². The van der Waals surface area contributed by atoms with E-state index in [9.17, 15) is 0 Å². The maximum atomic E-state index is 5.07. The second-order valence-corrected chi connectivity index (χ2v) is 4.15. The zero-order valence-corrected chi connectivity index (χ0v) is 11.1. The molecule has 0 atom stereocenters. The highest BCUT2D eigenvalue weighted by atomic mass is 16.5. The third kappa shape index (κ3) is 9.97. The van der Waals surface area contributed by atoms with Crippen molar-refractivity contribution in [1.29, 1.82) is 0 Å². The molecular weight excluding hydrogens is 228 g/mol. The normalized spacial score (nSPS) is 20.4. The maximum absolute atomic E-state index is 5.07. The Morgan fingerprint density at radius 3 is 1.72 bits per heavy atom. The summed E-state index contributed by atoms with van der Waals surface area (Å²) in [5, 5.41) is 0. The molecule has 0 aromatic carbocycles. The summed E-state index contributed by atoms with van der Waals surface area (Å²) in [6.07, 6.45) is 17.6. The maximum Gasteiger partial charge on any atom is 0.106 e. The summed E-state index contributed by atoms with van der Waals surface area (Å²) in [7, 11) is 0. The zero-order valence-electron chi connectivity index (χ0n) is 11.1. The van der Waals surface area contributed by atoms with Crippen molar-refractivity contribution in [2.75, 3.05) is 26.4 Å². The SMILES string of the molecule is C1=CCOC=C1.C1=COCCC1.C1CCOCC1. The molecule has 3 heteroatoms. The van der Waals surface area contributed by atoms with Gasteiger partial charge in [0.2, 0.25) is 0 Å². The minimum Gasteiger partial charge on any atom is -0.502 e. The Labute approximate surface area is 110 Å². The molecule has 3 nitrogen and oxygen atoms in total. The van der Waals surface area contributed by atoms with Crippen LogP contribution in [0.2, 0.25) is 0 Å². The summed E-state index contributed by atoms with van der Waals surface area (Å²) in [6, 6.07) is 0. The van der Waals surface area contributed by atoms with E-state index in [1.54, 1.807) is 12.5 Å². The molecule has 3 heterocycles. The van der Waals surface area contributed by atoms with Crippen LogP contribution in [0.1, 0.15) is 32.1 Å². The molecule has 0 aromatic heterocycles. The van der Waals surface area contributed by atoms with Crippen LogP contribution in [0.25, 0.3) is 0 Å². The summed E-state index contributed by atoms with van der Waals surface area (Å²) in [6.45, 7) is 3.65. The van der Waals surface area contributed by atoms with Crippen molar-refractivity contribution < 1.29 is 14.2 Å². The van der Waals surface area contributed by atoms with Gasteiger partial charge in [-0.25, -0.2) is 0 Å². The van der Waals surface area contributed by atoms with Crippen LogP contribution in [-0.4, -0.2) is 26.4 Å². The lowest BCUT2D eigenvalue weighted by atomic mass is 10.2. The summed E-state index contributed by atoms with van der Waals surface area (Å²) in [4.78, 5) is 0. The Hall–Kier alpha value is -1.22. The van der Waals surface area contributed by atoms with E-state index in [-0.39, 0.29) is 0 Å². The summed E-state index contributed by atoms with van der Waals surface area (Å²) < 4.78 is 14.8. The van der Waals surface area contributed by atoms with Gasteiger partial charge in [-0.3, -0.25) is 0 Å². The quantitative estimate of drug-likeness (QED) is 0.659. The molecule has 0 aromatic rings. The molecule has 3 aliphatic rings. The van der Waals surface area contributed by atoms with Gasteiger partial charge in [0.1, 0.15) is 6.61 Å². The molecule has 0 radical (unpaired) electrons. The van der Waals surface area contributed by atoms with Crippen LogP contribution >= 0.6 is 0 Å². The minimum absolute atomic E-state index is 0.733. The predicted octanol–water partition coefficient (Wildman–Crippen LogP) is 3.58. The van der Waals surface area contributed by atoms with Crippen LogP contribution in [0.4, 0.5) is 0 Å². The largest absolute Gasteiger partial charge is 0.502 e. The van der Waals surface area contributed by atoms with Crippen molar-refractivity contribution in [2.45, 2.75) is 32.1 Å². The molecule has 0 unspecified atom stereocenters. The van der Waals surface area contributed by atoms with Gasteiger partial charge >= 0.3 is 0 Å². The van der Waals surface area contributed by atoms with E-state index in [1.165, 1.54) is 32.1 Å². The fraction of sp³-hybridized carbons (Fsp3) is 0.600. The van der Waals surface area contributed by atoms with E-state index in [0.717, 1.165) is 26.4 Å². The van der Waals surface area contributed by atoms with E-state index < -0.39 is 0 Å². The number of hydrogen-bond donors (Lipinski definition) is 0. The molecule has 0 spiro atoms. The van der Waals surface area contributed by atoms with E-state index in [2.05, 4.69) is 0 Å². The first-order valence-electron chi connectivity index (χ1n) is 6.78. The van der Waals surface area contributed by atoms with Gasteiger partial charge < -0.3 is 14.2 Å². The predicted molar refractivity (Wildman–Crippen MR) is 73.2 cm³/mol. The van der Waals surface area contributed by atoms with Gasteiger partial charge in [-0.15, -0.1) is 0 Å². The standard InChI is InChI=1S/C5H10O.C5H8O.C5H6O/c3*1-2-4-6-5-3-1/h1-5H2;2,4H,1,3,5H2;1-4H,5H2. The van der Waals surface area contributed by atoms with Crippen LogP contribution in [0, 0.1) is 0 Å². The Kier molecular flexibility index (Phi) is 10.1. The van der Waals surface area contributed by atoms with Crippen molar-refractivity contribution in [1.82, 2.24) is 0 Å². The fourth-order valence-corrected chi connectivity index (χ4v) is 1.52. The van der Waals surface area contributed by atoms with E-state index in [4.69, 9.17) is 14.2 Å². The third-order valence-electron chi connectivity index (χ3n) is 2.52. The number of rotatable bonds is 0. The van der Waals surface area contributed by atoms with Crippen molar-refractivity contribution >= 4 is 0 Å². The van der Waals surface area contributed by atoms with Crippen molar-refractivity contribution in [2.24, 2.45) is 0 Å².